The van der Waals surface area contributed by atoms with Crippen LogP contribution in [0, 0.1) is 11.8 Å². The van der Waals surface area contributed by atoms with Gasteiger partial charge in [-0.2, -0.15) is 0 Å². The van der Waals surface area contributed by atoms with Gasteiger partial charge in [-0.1, -0.05) is 54.3 Å². The molecule has 7 nitrogen and oxygen atoms in total. The molecule has 1 N–H and O–H groups in total. The van der Waals surface area contributed by atoms with Gasteiger partial charge in [0.2, 0.25) is 0 Å². The van der Waals surface area contributed by atoms with Crippen molar-refractivity contribution in [3.05, 3.63) is 95.1 Å². The number of ether oxygens (including phenoxy) is 1. The van der Waals surface area contributed by atoms with Crippen LogP contribution in [0.5, 0.6) is 0 Å². The molecule has 2 amide bonds. The molecule has 1 aliphatic rings. The third-order valence-electron chi connectivity index (χ3n) is 5.30. The van der Waals surface area contributed by atoms with Gasteiger partial charge in [-0.15, -0.1) is 0 Å². The number of anilines is 1. The monoisotopic (exact) mass is 502 g/mol. The molecule has 3 aromatic rings. The Balaban J connectivity index is 1.53. The Morgan fingerprint density at radius 3 is 2.33 bits per heavy atom. The first-order chi connectivity index (χ1) is 17.0. The van der Waals surface area contributed by atoms with E-state index in [0.29, 0.717) is 23.1 Å². The molecule has 1 aliphatic heterocycles. The minimum absolute atomic E-state index is 0.0148. The Hall–Kier alpha value is -4.09. The molecule has 0 bridgehead atoms. The second-order valence-corrected chi connectivity index (χ2v) is 11.1. The van der Waals surface area contributed by atoms with Crippen molar-refractivity contribution >= 4 is 27.7 Å². The SMILES string of the molecule is CC(C)(C)OC(=O)c1ccc(CN2C(=O)Nc3ccc(C#CCc4ccccc4)cc3S2(=O)=O)cc1. The van der Waals surface area contributed by atoms with Crippen molar-refractivity contribution in [1.82, 2.24) is 4.31 Å². The molecule has 184 valence electrons. The maximum Gasteiger partial charge on any atom is 0.338 e. The van der Waals surface area contributed by atoms with Crippen LogP contribution in [0.25, 0.3) is 0 Å². The van der Waals surface area contributed by atoms with Crippen LogP contribution in [0.4, 0.5) is 10.5 Å². The molecular formula is C28H26N2O5S. The van der Waals surface area contributed by atoms with Gasteiger partial charge in [-0.05, 0) is 62.2 Å². The summed E-state index contributed by atoms with van der Waals surface area (Å²) < 4.78 is 32.8. The zero-order valence-corrected chi connectivity index (χ0v) is 21.1. The molecule has 0 radical (unpaired) electrons. The van der Waals surface area contributed by atoms with E-state index in [4.69, 9.17) is 4.74 Å². The molecule has 0 spiro atoms. The number of carbonyl (C=O) groups excluding carboxylic acids is 2. The smallest absolute Gasteiger partial charge is 0.338 e. The summed E-state index contributed by atoms with van der Waals surface area (Å²) in [5.41, 5.74) is 2.06. The molecule has 0 aliphatic carbocycles. The fourth-order valence-corrected chi connectivity index (χ4v) is 5.07. The van der Waals surface area contributed by atoms with E-state index < -0.39 is 27.6 Å². The average Bonchev–Trinajstić information content (AvgIpc) is 2.82. The van der Waals surface area contributed by atoms with Gasteiger partial charge in [0.25, 0.3) is 10.0 Å². The van der Waals surface area contributed by atoms with Gasteiger partial charge in [0.05, 0.1) is 17.8 Å². The third kappa shape index (κ3) is 5.75. The lowest BCUT2D eigenvalue weighted by atomic mass is 10.1. The molecule has 0 unspecified atom stereocenters. The molecule has 0 atom stereocenters. The van der Waals surface area contributed by atoms with Gasteiger partial charge in [-0.3, -0.25) is 0 Å². The second kappa shape index (κ2) is 9.88. The summed E-state index contributed by atoms with van der Waals surface area (Å²) >= 11 is 0. The zero-order valence-electron chi connectivity index (χ0n) is 20.2. The number of urea groups is 1. The molecule has 4 rings (SSSR count). The fraction of sp³-hybridized carbons (Fsp3) is 0.214. The van der Waals surface area contributed by atoms with E-state index in [2.05, 4.69) is 17.2 Å². The lowest BCUT2D eigenvalue weighted by Gasteiger charge is -2.29. The lowest BCUT2D eigenvalue weighted by molar-refractivity contribution is 0.00694. The van der Waals surface area contributed by atoms with Crippen molar-refractivity contribution in [2.75, 3.05) is 5.32 Å². The average molecular weight is 503 g/mol. The first-order valence-corrected chi connectivity index (χ1v) is 12.8. The van der Waals surface area contributed by atoms with Crippen molar-refractivity contribution in [2.24, 2.45) is 0 Å². The van der Waals surface area contributed by atoms with Crippen LogP contribution >= 0.6 is 0 Å². The molecule has 0 aromatic heterocycles. The zero-order chi connectivity index (χ0) is 25.9. The van der Waals surface area contributed by atoms with Crippen LogP contribution in [0.3, 0.4) is 0 Å². The molecule has 8 heteroatoms. The molecule has 1 heterocycles. The Labute approximate surface area is 211 Å². The summed E-state index contributed by atoms with van der Waals surface area (Å²) in [6, 6.07) is 20.0. The van der Waals surface area contributed by atoms with Crippen LogP contribution in [0.15, 0.2) is 77.7 Å². The Bertz CT molecular complexity index is 1460. The first-order valence-electron chi connectivity index (χ1n) is 11.4. The fourth-order valence-electron chi connectivity index (χ4n) is 3.57. The Kier molecular flexibility index (Phi) is 6.86. The van der Waals surface area contributed by atoms with E-state index in [1.165, 1.54) is 6.07 Å². The van der Waals surface area contributed by atoms with Crippen molar-refractivity contribution in [1.29, 1.82) is 0 Å². The van der Waals surface area contributed by atoms with Gasteiger partial charge in [0.15, 0.2) is 0 Å². The second-order valence-electron chi connectivity index (χ2n) is 9.32. The van der Waals surface area contributed by atoms with Crippen LogP contribution in [-0.2, 0) is 27.7 Å². The van der Waals surface area contributed by atoms with E-state index in [1.54, 1.807) is 57.2 Å². The maximum absolute atomic E-state index is 13.3. The molecule has 3 aromatic carbocycles. The minimum Gasteiger partial charge on any atom is -0.456 e. The number of esters is 1. The van der Waals surface area contributed by atoms with E-state index in [9.17, 15) is 18.0 Å². The molecular weight excluding hydrogens is 476 g/mol. The first kappa shape index (κ1) is 25.0. The standard InChI is InChI=1S/C28H26N2O5S/c1-28(2,3)35-26(31)23-15-12-22(13-16-23)19-30-27(32)29-24-17-14-21(18-25(24)36(30,33)34)11-7-10-20-8-5-4-6-9-20/h4-6,8-9,12-18H,10,19H2,1-3H3,(H,29,32). The Morgan fingerprint density at radius 1 is 0.972 bits per heavy atom. The summed E-state index contributed by atoms with van der Waals surface area (Å²) in [5.74, 6) is 5.58. The number of sulfonamides is 1. The normalized spacial score (nSPS) is 14.2. The minimum atomic E-state index is -4.12. The van der Waals surface area contributed by atoms with Crippen molar-refractivity contribution < 1.29 is 22.7 Å². The van der Waals surface area contributed by atoms with E-state index in [1.807, 2.05) is 30.3 Å². The van der Waals surface area contributed by atoms with E-state index in [-0.39, 0.29) is 17.1 Å². The van der Waals surface area contributed by atoms with E-state index in [0.717, 1.165) is 9.87 Å². The molecule has 36 heavy (non-hydrogen) atoms. The van der Waals surface area contributed by atoms with E-state index >= 15 is 0 Å². The van der Waals surface area contributed by atoms with Crippen LogP contribution in [0.1, 0.15) is 47.8 Å². The summed E-state index contributed by atoms with van der Waals surface area (Å²) in [7, 11) is -4.12. The van der Waals surface area contributed by atoms with Crippen molar-refractivity contribution in [2.45, 2.75) is 44.2 Å². The van der Waals surface area contributed by atoms with Crippen LogP contribution in [0.2, 0.25) is 0 Å². The van der Waals surface area contributed by atoms with Gasteiger partial charge in [-0.25, -0.2) is 22.3 Å². The number of fused-ring (bicyclic) bond motifs is 1. The largest absolute Gasteiger partial charge is 0.456 e. The topological polar surface area (TPSA) is 92.8 Å². The van der Waals surface area contributed by atoms with Gasteiger partial charge in [0.1, 0.15) is 10.5 Å². The third-order valence-corrected chi connectivity index (χ3v) is 7.07. The van der Waals surface area contributed by atoms with Gasteiger partial charge >= 0.3 is 12.0 Å². The van der Waals surface area contributed by atoms with Crippen molar-refractivity contribution in [3.8, 4) is 11.8 Å². The number of hydrogen-bond acceptors (Lipinski definition) is 5. The molecule has 0 saturated carbocycles. The highest BCUT2D eigenvalue weighted by Gasteiger charge is 2.36. The predicted molar refractivity (Wildman–Crippen MR) is 137 cm³/mol. The molecule has 0 saturated heterocycles. The Morgan fingerprint density at radius 2 is 1.67 bits per heavy atom. The molecule has 0 fully saturated rings. The highest BCUT2D eigenvalue weighted by atomic mass is 32.2. The summed E-state index contributed by atoms with van der Waals surface area (Å²) in [6.07, 6.45) is 0.535. The maximum atomic E-state index is 13.3. The number of nitrogens with zero attached hydrogens (tertiary/aromatic N) is 1. The summed E-state index contributed by atoms with van der Waals surface area (Å²) in [6.45, 7) is 5.14. The highest BCUT2D eigenvalue weighted by molar-refractivity contribution is 7.90. The summed E-state index contributed by atoms with van der Waals surface area (Å²) in [5, 5.41) is 2.64. The highest BCUT2D eigenvalue weighted by Crippen LogP contribution is 2.32. The van der Waals surface area contributed by atoms with Gasteiger partial charge < -0.3 is 10.1 Å². The number of hydrogen-bond donors (Lipinski definition) is 1. The number of carbonyl (C=O) groups is 2. The number of rotatable bonds is 4. The predicted octanol–water partition coefficient (Wildman–Crippen LogP) is 4.97. The quantitative estimate of drug-likeness (QED) is 0.402. The number of amides is 2. The lowest BCUT2D eigenvalue weighted by Crippen LogP contribution is -2.43. The van der Waals surface area contributed by atoms with Crippen LogP contribution in [-0.4, -0.2) is 30.3 Å². The van der Waals surface area contributed by atoms with Crippen molar-refractivity contribution in [3.63, 3.8) is 0 Å². The number of nitrogens with one attached hydrogen (secondary N) is 1. The number of benzene rings is 3. The summed E-state index contributed by atoms with van der Waals surface area (Å²) in [4.78, 5) is 24.9. The van der Waals surface area contributed by atoms with Crippen LogP contribution < -0.4 is 5.32 Å². The van der Waals surface area contributed by atoms with Gasteiger partial charge in [0, 0.05) is 12.0 Å².